The minimum atomic E-state index is -0.568. The Balaban J connectivity index is 1.27. The first-order chi connectivity index (χ1) is 12.6. The van der Waals surface area contributed by atoms with Crippen LogP contribution in [-0.4, -0.2) is 39.4 Å². The number of nitrogens with one attached hydrogen (secondary N) is 1. The van der Waals surface area contributed by atoms with Gasteiger partial charge in [-0.3, -0.25) is 24.6 Å². The van der Waals surface area contributed by atoms with Gasteiger partial charge in [0.05, 0.1) is 18.1 Å². The maximum Gasteiger partial charge on any atom is 0.322 e. The topological polar surface area (TPSA) is 119 Å². The van der Waals surface area contributed by atoms with Gasteiger partial charge in [-0.25, -0.2) is 0 Å². The fourth-order valence-corrected chi connectivity index (χ4v) is 4.20. The molecule has 9 nitrogen and oxygen atoms in total. The lowest BCUT2D eigenvalue weighted by molar-refractivity contribution is -0.143. The molecule has 0 radical (unpaired) electrons. The lowest BCUT2D eigenvalue weighted by atomic mass is 9.85. The first-order valence-corrected chi connectivity index (χ1v) is 8.32. The number of likely N-dealkylation sites (tertiary alicyclic amines) is 1. The summed E-state index contributed by atoms with van der Waals surface area (Å²) in [6, 6.07) is 3.19. The molecule has 0 spiro atoms. The molecule has 9 heteroatoms. The smallest absolute Gasteiger partial charge is 0.322 e. The van der Waals surface area contributed by atoms with Crippen LogP contribution < -0.4 is 5.32 Å². The highest BCUT2D eigenvalue weighted by molar-refractivity contribution is 6.09. The van der Waals surface area contributed by atoms with E-state index in [-0.39, 0.29) is 53.9 Å². The number of hydrogen-bond donors (Lipinski definition) is 1. The molecule has 4 atom stereocenters. The number of aromatic nitrogens is 2. The Bertz CT molecular complexity index is 901. The molecule has 26 heavy (non-hydrogen) atoms. The first-order valence-electron chi connectivity index (χ1n) is 8.32. The predicted octanol–water partition coefficient (Wildman–Crippen LogP) is 1.08. The van der Waals surface area contributed by atoms with Gasteiger partial charge in [0.1, 0.15) is 6.54 Å². The van der Waals surface area contributed by atoms with E-state index in [0.29, 0.717) is 5.76 Å². The van der Waals surface area contributed by atoms with Gasteiger partial charge in [0.15, 0.2) is 5.76 Å². The van der Waals surface area contributed by atoms with Crippen molar-refractivity contribution in [2.24, 2.45) is 23.7 Å². The van der Waals surface area contributed by atoms with Gasteiger partial charge in [-0.2, -0.15) is 0 Å². The monoisotopic (exact) mass is 354 g/mol. The van der Waals surface area contributed by atoms with Gasteiger partial charge in [0, 0.05) is 0 Å². The quantitative estimate of drug-likeness (QED) is 0.644. The molecular formula is C17H14N4O5. The van der Waals surface area contributed by atoms with E-state index in [1.54, 1.807) is 12.1 Å². The number of carbonyl (C=O) groups is 3. The van der Waals surface area contributed by atoms with E-state index in [4.69, 9.17) is 8.83 Å². The van der Waals surface area contributed by atoms with E-state index < -0.39 is 5.91 Å². The van der Waals surface area contributed by atoms with Crippen molar-refractivity contribution in [3.8, 4) is 11.7 Å². The number of carbonyl (C=O) groups excluding carboxylic acids is 3. The molecule has 2 aromatic heterocycles. The van der Waals surface area contributed by atoms with E-state index in [0.717, 1.165) is 11.3 Å². The Morgan fingerprint density at radius 3 is 2.58 bits per heavy atom. The number of amides is 3. The van der Waals surface area contributed by atoms with E-state index in [2.05, 4.69) is 15.5 Å². The third kappa shape index (κ3) is 2.13. The maximum atomic E-state index is 12.6. The van der Waals surface area contributed by atoms with Gasteiger partial charge in [-0.15, -0.1) is 5.10 Å². The number of fused-ring (bicyclic) bond motifs is 5. The van der Waals surface area contributed by atoms with E-state index in [9.17, 15) is 14.4 Å². The number of hydrogen-bond acceptors (Lipinski definition) is 7. The fraction of sp³-hybridized carbons (Fsp3) is 0.353. The number of imide groups is 1. The van der Waals surface area contributed by atoms with Crippen LogP contribution in [-0.2, 0) is 14.4 Å². The molecule has 3 amide bonds. The van der Waals surface area contributed by atoms with Gasteiger partial charge < -0.3 is 8.83 Å². The third-order valence-electron chi connectivity index (χ3n) is 5.27. The highest BCUT2D eigenvalue weighted by atomic mass is 16.4. The summed E-state index contributed by atoms with van der Waals surface area (Å²) in [7, 11) is 0. The van der Waals surface area contributed by atoms with Crippen molar-refractivity contribution in [3.63, 3.8) is 0 Å². The summed E-state index contributed by atoms with van der Waals surface area (Å²) < 4.78 is 10.4. The van der Waals surface area contributed by atoms with Crippen LogP contribution in [0.4, 0.5) is 6.01 Å². The zero-order valence-electron chi connectivity index (χ0n) is 13.5. The second kappa shape index (κ2) is 5.38. The molecule has 3 heterocycles. The molecule has 2 aliphatic carbocycles. The molecule has 132 valence electrons. The summed E-state index contributed by atoms with van der Waals surface area (Å²) in [5.41, 5.74) is 0. The van der Waals surface area contributed by atoms with Crippen molar-refractivity contribution < 1.29 is 23.2 Å². The Kier molecular flexibility index (Phi) is 3.12. The molecule has 2 bridgehead atoms. The number of nitrogens with zero attached hydrogens (tertiary/aromatic N) is 3. The van der Waals surface area contributed by atoms with Crippen molar-refractivity contribution in [2.75, 3.05) is 11.9 Å². The van der Waals surface area contributed by atoms with Crippen molar-refractivity contribution >= 4 is 23.7 Å². The Labute approximate surface area is 147 Å². The largest absolute Gasteiger partial charge is 0.459 e. The summed E-state index contributed by atoms with van der Waals surface area (Å²) in [4.78, 5) is 38.4. The number of allylic oxidation sites excluding steroid dienone is 2. The standard InChI is InChI=1S/C17H14N4O5/c22-11(18-17-20-19-14(26-17)10-2-1-5-25-10)7-21-15(23)12-8-3-4-9(6-8)13(12)16(21)24/h1-5,8-9,12-13H,6-7H2,(H,18,20,22)/t8-,9+,12-,13-/m0/s1. The minimum absolute atomic E-state index is 0.112. The molecule has 1 saturated carbocycles. The molecule has 0 aromatic carbocycles. The summed E-state index contributed by atoms with van der Waals surface area (Å²) in [6.07, 6.45) is 6.33. The van der Waals surface area contributed by atoms with Gasteiger partial charge >= 0.3 is 6.01 Å². The molecule has 1 N–H and O–H groups in total. The van der Waals surface area contributed by atoms with E-state index in [1.165, 1.54) is 6.26 Å². The van der Waals surface area contributed by atoms with Crippen LogP contribution in [0.3, 0.4) is 0 Å². The highest BCUT2D eigenvalue weighted by Gasteiger charge is 2.59. The van der Waals surface area contributed by atoms with Crippen LogP contribution in [0.2, 0.25) is 0 Å². The number of furan rings is 1. The lowest BCUT2D eigenvalue weighted by Crippen LogP contribution is -2.39. The summed E-state index contributed by atoms with van der Waals surface area (Å²) >= 11 is 0. The minimum Gasteiger partial charge on any atom is -0.459 e. The SMILES string of the molecule is O=C(CN1C(=O)[C@@H]2[C@@H](C1=O)[C@H]1C=C[C@@H]2C1)Nc1nnc(-c2ccco2)o1. The van der Waals surface area contributed by atoms with Crippen LogP contribution in [0.1, 0.15) is 6.42 Å². The van der Waals surface area contributed by atoms with Crippen molar-refractivity contribution in [3.05, 3.63) is 30.5 Å². The Morgan fingerprint density at radius 2 is 1.92 bits per heavy atom. The average molecular weight is 354 g/mol. The van der Waals surface area contributed by atoms with Crippen molar-refractivity contribution in [1.82, 2.24) is 15.1 Å². The number of anilines is 1. The summed E-state index contributed by atoms with van der Waals surface area (Å²) in [5, 5.41) is 9.89. The lowest BCUT2D eigenvalue weighted by Gasteiger charge is -2.15. The van der Waals surface area contributed by atoms with Gasteiger partial charge in [-0.05, 0) is 30.4 Å². The highest BCUT2D eigenvalue weighted by Crippen LogP contribution is 2.52. The molecule has 1 aliphatic heterocycles. The Hall–Kier alpha value is -3.23. The van der Waals surface area contributed by atoms with Crippen LogP contribution in [0.15, 0.2) is 39.4 Å². The van der Waals surface area contributed by atoms with Crippen LogP contribution >= 0.6 is 0 Å². The first kappa shape index (κ1) is 15.1. The summed E-state index contributed by atoms with van der Waals surface area (Å²) in [5.74, 6) is -1.03. The van der Waals surface area contributed by atoms with E-state index in [1.807, 2.05) is 12.2 Å². The molecule has 2 aromatic rings. The second-order valence-corrected chi connectivity index (χ2v) is 6.70. The fourth-order valence-electron chi connectivity index (χ4n) is 4.20. The predicted molar refractivity (Wildman–Crippen MR) is 85.1 cm³/mol. The maximum absolute atomic E-state index is 12.6. The molecule has 3 aliphatic rings. The van der Waals surface area contributed by atoms with Gasteiger partial charge in [0.2, 0.25) is 17.7 Å². The van der Waals surface area contributed by atoms with E-state index >= 15 is 0 Å². The second-order valence-electron chi connectivity index (χ2n) is 6.70. The molecule has 0 unspecified atom stereocenters. The Morgan fingerprint density at radius 1 is 1.19 bits per heavy atom. The average Bonchev–Trinajstić information content (AvgIpc) is 3.41. The van der Waals surface area contributed by atoms with Crippen LogP contribution in [0.5, 0.6) is 0 Å². The molecule has 1 saturated heterocycles. The van der Waals surface area contributed by atoms with Crippen LogP contribution in [0, 0.1) is 23.7 Å². The molecule has 5 rings (SSSR count). The number of rotatable bonds is 4. The van der Waals surface area contributed by atoms with Gasteiger partial charge in [-0.1, -0.05) is 17.3 Å². The molecular weight excluding hydrogens is 340 g/mol. The van der Waals surface area contributed by atoms with Crippen LogP contribution in [0.25, 0.3) is 11.7 Å². The molecule has 2 fully saturated rings. The zero-order chi connectivity index (χ0) is 17.8. The summed E-state index contributed by atoms with van der Waals surface area (Å²) in [6.45, 7) is -0.359. The third-order valence-corrected chi connectivity index (χ3v) is 5.27. The van der Waals surface area contributed by atoms with Gasteiger partial charge in [0.25, 0.3) is 5.89 Å². The zero-order valence-corrected chi connectivity index (χ0v) is 13.5. The van der Waals surface area contributed by atoms with Crippen molar-refractivity contribution in [1.29, 1.82) is 0 Å². The normalized spacial score (nSPS) is 28.8. The van der Waals surface area contributed by atoms with Crippen molar-refractivity contribution in [2.45, 2.75) is 6.42 Å².